The summed E-state index contributed by atoms with van der Waals surface area (Å²) in [6.07, 6.45) is 0. The lowest BCUT2D eigenvalue weighted by Crippen LogP contribution is -2.22. The molecule has 8 heteroatoms. The molecule has 0 amide bonds. The van der Waals surface area contributed by atoms with Crippen LogP contribution in [0.25, 0.3) is 11.4 Å². The molecule has 0 aliphatic heterocycles. The highest BCUT2D eigenvalue weighted by Gasteiger charge is 2.22. The summed E-state index contributed by atoms with van der Waals surface area (Å²) in [4.78, 5) is 13.2. The van der Waals surface area contributed by atoms with Gasteiger partial charge in [-0.2, -0.15) is 0 Å². The molecule has 6 nitrogen and oxygen atoms in total. The third-order valence-electron chi connectivity index (χ3n) is 4.14. The average molecular weight is 425 g/mol. The number of azo groups is 1. The van der Waals surface area contributed by atoms with Crippen molar-refractivity contribution in [3.63, 3.8) is 0 Å². The van der Waals surface area contributed by atoms with E-state index in [1.165, 1.54) is 4.57 Å². The van der Waals surface area contributed by atoms with E-state index in [2.05, 4.69) is 10.2 Å². The number of imidazole rings is 1. The molecule has 0 saturated heterocycles. The molecule has 0 atom stereocenters. The van der Waals surface area contributed by atoms with Gasteiger partial charge in [-0.15, -0.1) is 10.2 Å². The van der Waals surface area contributed by atoms with Crippen LogP contribution < -0.4 is 5.69 Å². The minimum atomic E-state index is -0.533. The van der Waals surface area contributed by atoms with Gasteiger partial charge in [0.05, 0.1) is 17.1 Å². The van der Waals surface area contributed by atoms with E-state index in [-0.39, 0.29) is 11.7 Å². The molecule has 1 N–H and O–H groups in total. The van der Waals surface area contributed by atoms with Crippen molar-refractivity contribution in [3.8, 4) is 17.3 Å². The molecule has 0 aliphatic carbocycles. The minimum absolute atomic E-state index is 0.0407. The number of hydrogen-bond acceptors (Lipinski definition) is 4. The van der Waals surface area contributed by atoms with Gasteiger partial charge in [-0.25, -0.2) is 13.9 Å². The highest BCUT2D eigenvalue weighted by Crippen LogP contribution is 2.33. The Labute approximate surface area is 175 Å². The molecule has 1 aromatic heterocycles. The van der Waals surface area contributed by atoms with Gasteiger partial charge in [0.25, 0.3) is 0 Å². The number of aromatic nitrogens is 2. The van der Waals surface area contributed by atoms with Gasteiger partial charge in [0.15, 0.2) is 0 Å². The van der Waals surface area contributed by atoms with Gasteiger partial charge >= 0.3 is 5.69 Å². The van der Waals surface area contributed by atoms with Gasteiger partial charge in [0.2, 0.25) is 11.7 Å². The van der Waals surface area contributed by atoms with Crippen molar-refractivity contribution in [1.29, 1.82) is 0 Å². The average Bonchev–Trinajstić information content (AvgIpc) is 2.96. The quantitative estimate of drug-likeness (QED) is 0.404. The number of aromatic hydroxyl groups is 1. The number of rotatable bonds is 4. The Balaban J connectivity index is 1.97. The fourth-order valence-electron chi connectivity index (χ4n) is 2.88. The summed E-state index contributed by atoms with van der Waals surface area (Å²) in [6.45, 7) is 0. The van der Waals surface area contributed by atoms with Crippen molar-refractivity contribution in [2.24, 2.45) is 10.2 Å². The lowest BCUT2D eigenvalue weighted by Gasteiger charge is -2.05. The lowest BCUT2D eigenvalue weighted by molar-refractivity contribution is 0.442. The summed E-state index contributed by atoms with van der Waals surface area (Å²) in [5.74, 6) is -0.391. The molecule has 0 fully saturated rings. The molecule has 0 unspecified atom stereocenters. The van der Waals surface area contributed by atoms with Crippen LogP contribution in [0.5, 0.6) is 5.88 Å². The molecule has 0 spiro atoms. The predicted octanol–water partition coefficient (Wildman–Crippen LogP) is 6.06. The van der Waals surface area contributed by atoms with E-state index in [1.54, 1.807) is 54.6 Å². The number of nitrogens with zero attached hydrogens (tertiary/aromatic N) is 4. The zero-order valence-corrected chi connectivity index (χ0v) is 16.4. The smallest absolute Gasteiger partial charge is 0.342 e. The molecular weight excluding hydrogens is 411 g/mol. The maximum atomic E-state index is 13.2. The molecule has 4 aromatic rings. The number of para-hydroxylation sites is 1. The van der Waals surface area contributed by atoms with Crippen LogP contribution in [0.3, 0.4) is 0 Å². The van der Waals surface area contributed by atoms with Gasteiger partial charge in [-0.1, -0.05) is 59.6 Å². The van der Waals surface area contributed by atoms with Crippen LogP contribution in [0.15, 0.2) is 93.9 Å². The van der Waals surface area contributed by atoms with E-state index >= 15 is 0 Å². The number of halogens is 2. The first-order chi connectivity index (χ1) is 14.0. The first-order valence-corrected chi connectivity index (χ1v) is 9.35. The Morgan fingerprint density at radius 2 is 1.31 bits per heavy atom. The standard InChI is InChI=1S/C21H14Cl2N4O2/c22-14-11-15(23)13-18(12-14)26-19(25-24-16-7-3-1-4-8-16)20(28)27(21(26)29)17-9-5-2-6-10-17/h1-13,28H. The molecule has 0 aliphatic rings. The zero-order valence-electron chi connectivity index (χ0n) is 14.9. The summed E-state index contributed by atoms with van der Waals surface area (Å²) >= 11 is 12.2. The van der Waals surface area contributed by atoms with Crippen LogP contribution in [-0.4, -0.2) is 14.2 Å². The molecule has 144 valence electrons. The second-order valence-electron chi connectivity index (χ2n) is 6.10. The predicted molar refractivity (Wildman–Crippen MR) is 114 cm³/mol. The van der Waals surface area contributed by atoms with Crippen molar-refractivity contribution in [1.82, 2.24) is 9.13 Å². The minimum Gasteiger partial charge on any atom is -0.491 e. The van der Waals surface area contributed by atoms with Crippen LogP contribution in [0.1, 0.15) is 0 Å². The van der Waals surface area contributed by atoms with Crippen LogP contribution >= 0.6 is 23.2 Å². The Kier molecular flexibility index (Phi) is 5.20. The Morgan fingerprint density at radius 3 is 1.93 bits per heavy atom. The number of benzene rings is 3. The van der Waals surface area contributed by atoms with Crippen LogP contribution in [-0.2, 0) is 0 Å². The Hall–Kier alpha value is -3.35. The largest absolute Gasteiger partial charge is 0.491 e. The molecule has 4 rings (SSSR count). The third-order valence-corrected chi connectivity index (χ3v) is 4.58. The first-order valence-electron chi connectivity index (χ1n) is 8.60. The highest BCUT2D eigenvalue weighted by atomic mass is 35.5. The highest BCUT2D eigenvalue weighted by molar-refractivity contribution is 6.34. The van der Waals surface area contributed by atoms with Crippen molar-refractivity contribution < 1.29 is 5.11 Å². The van der Waals surface area contributed by atoms with Gasteiger partial charge < -0.3 is 5.11 Å². The molecule has 0 bridgehead atoms. The SMILES string of the molecule is O=c1n(-c2ccccc2)c(O)c(N=Nc2ccccc2)n1-c1cc(Cl)cc(Cl)c1. The van der Waals surface area contributed by atoms with Gasteiger partial charge in [-0.05, 0) is 42.5 Å². The lowest BCUT2D eigenvalue weighted by atomic mass is 10.3. The topological polar surface area (TPSA) is 71.9 Å². The van der Waals surface area contributed by atoms with Crippen LogP contribution in [0.4, 0.5) is 11.5 Å². The van der Waals surface area contributed by atoms with Gasteiger partial charge in [0.1, 0.15) is 0 Å². The Morgan fingerprint density at radius 1 is 0.724 bits per heavy atom. The van der Waals surface area contributed by atoms with Crippen LogP contribution in [0, 0.1) is 0 Å². The monoisotopic (exact) mass is 424 g/mol. The Bertz CT molecular complexity index is 1230. The van der Waals surface area contributed by atoms with E-state index in [9.17, 15) is 9.90 Å². The molecule has 1 heterocycles. The van der Waals surface area contributed by atoms with Crippen molar-refractivity contribution in [2.45, 2.75) is 0 Å². The van der Waals surface area contributed by atoms with Gasteiger partial charge in [-0.3, -0.25) is 0 Å². The maximum Gasteiger partial charge on any atom is 0.342 e. The molecule has 0 saturated carbocycles. The van der Waals surface area contributed by atoms with E-state index in [1.807, 2.05) is 24.3 Å². The summed E-state index contributed by atoms with van der Waals surface area (Å²) in [5, 5.41) is 19.8. The third kappa shape index (κ3) is 3.81. The van der Waals surface area contributed by atoms with E-state index in [0.29, 0.717) is 27.1 Å². The van der Waals surface area contributed by atoms with Crippen molar-refractivity contribution >= 4 is 34.7 Å². The second-order valence-corrected chi connectivity index (χ2v) is 6.97. The van der Waals surface area contributed by atoms with E-state index in [0.717, 1.165) is 4.57 Å². The van der Waals surface area contributed by atoms with Crippen molar-refractivity contribution in [3.05, 3.63) is 99.4 Å². The fourth-order valence-corrected chi connectivity index (χ4v) is 3.40. The maximum absolute atomic E-state index is 13.2. The fraction of sp³-hybridized carbons (Fsp3) is 0. The molecule has 0 radical (unpaired) electrons. The summed E-state index contributed by atoms with van der Waals surface area (Å²) in [6, 6.07) is 22.4. The van der Waals surface area contributed by atoms with E-state index in [4.69, 9.17) is 23.2 Å². The zero-order chi connectivity index (χ0) is 20.4. The molecular formula is C21H14Cl2N4O2. The normalized spacial score (nSPS) is 11.2. The molecule has 29 heavy (non-hydrogen) atoms. The first kappa shape index (κ1) is 19.0. The molecule has 3 aromatic carbocycles. The van der Waals surface area contributed by atoms with E-state index < -0.39 is 5.69 Å². The van der Waals surface area contributed by atoms with Crippen molar-refractivity contribution in [2.75, 3.05) is 0 Å². The van der Waals surface area contributed by atoms with Crippen LogP contribution in [0.2, 0.25) is 10.0 Å². The summed E-state index contributed by atoms with van der Waals surface area (Å²) < 4.78 is 2.36. The summed E-state index contributed by atoms with van der Waals surface area (Å²) in [5.41, 5.74) is 0.883. The summed E-state index contributed by atoms with van der Waals surface area (Å²) in [7, 11) is 0. The van der Waals surface area contributed by atoms with Gasteiger partial charge in [0, 0.05) is 10.0 Å². The second kappa shape index (κ2) is 7.95. The number of hydrogen-bond donors (Lipinski definition) is 1.